The van der Waals surface area contributed by atoms with Gasteiger partial charge in [-0.15, -0.1) is 12.4 Å². The zero-order valence-electron chi connectivity index (χ0n) is 15.5. The van der Waals surface area contributed by atoms with Gasteiger partial charge in [-0.05, 0) is 61.2 Å². The predicted molar refractivity (Wildman–Crippen MR) is 110 cm³/mol. The summed E-state index contributed by atoms with van der Waals surface area (Å²) in [4.78, 5) is 24.5. The van der Waals surface area contributed by atoms with Gasteiger partial charge in [-0.2, -0.15) is 0 Å². The monoisotopic (exact) mass is 405 g/mol. The molecule has 0 radical (unpaired) electrons. The van der Waals surface area contributed by atoms with Crippen LogP contribution in [0, 0.1) is 11.7 Å². The second kappa shape index (κ2) is 10.2. The third kappa shape index (κ3) is 6.04. The van der Waals surface area contributed by atoms with Crippen LogP contribution in [0.1, 0.15) is 41.6 Å². The van der Waals surface area contributed by atoms with E-state index in [4.69, 9.17) is 5.73 Å². The third-order valence-corrected chi connectivity index (χ3v) is 4.87. The maximum atomic E-state index is 12.9. The summed E-state index contributed by atoms with van der Waals surface area (Å²) in [6.45, 7) is 0.421. The fourth-order valence-corrected chi connectivity index (χ4v) is 3.31. The van der Waals surface area contributed by atoms with Gasteiger partial charge in [0.05, 0.1) is 0 Å². The Morgan fingerprint density at radius 2 is 1.71 bits per heavy atom. The normalized spacial score (nSPS) is 18.6. The lowest BCUT2D eigenvalue weighted by Gasteiger charge is -2.25. The van der Waals surface area contributed by atoms with Crippen molar-refractivity contribution in [3.05, 3.63) is 65.5 Å². The summed E-state index contributed by atoms with van der Waals surface area (Å²) < 4.78 is 12.9. The number of anilines is 1. The average Bonchev–Trinajstić information content (AvgIpc) is 2.68. The Labute approximate surface area is 170 Å². The summed E-state index contributed by atoms with van der Waals surface area (Å²) in [6, 6.07) is 12.8. The van der Waals surface area contributed by atoms with Crippen LogP contribution in [0.5, 0.6) is 0 Å². The van der Waals surface area contributed by atoms with Crippen LogP contribution in [0.2, 0.25) is 0 Å². The van der Waals surface area contributed by atoms with Crippen LogP contribution >= 0.6 is 12.4 Å². The number of hydrogen-bond acceptors (Lipinski definition) is 3. The molecule has 2 aromatic rings. The molecule has 1 saturated carbocycles. The smallest absolute Gasteiger partial charge is 0.255 e. The van der Waals surface area contributed by atoms with Gasteiger partial charge in [-0.25, -0.2) is 4.39 Å². The highest BCUT2D eigenvalue weighted by molar-refractivity contribution is 6.04. The lowest BCUT2D eigenvalue weighted by Crippen LogP contribution is -2.37. The third-order valence-electron chi connectivity index (χ3n) is 4.87. The van der Waals surface area contributed by atoms with Crippen molar-refractivity contribution in [3.63, 3.8) is 0 Å². The van der Waals surface area contributed by atoms with E-state index in [1.807, 2.05) is 12.1 Å². The molecule has 2 atom stereocenters. The molecule has 4 N–H and O–H groups in total. The molecular weight excluding hydrogens is 381 g/mol. The molecule has 0 aromatic heterocycles. The summed E-state index contributed by atoms with van der Waals surface area (Å²) in [6.07, 6.45) is 3.62. The van der Waals surface area contributed by atoms with Crippen molar-refractivity contribution in [1.82, 2.24) is 5.32 Å². The van der Waals surface area contributed by atoms with Gasteiger partial charge in [0.2, 0.25) is 5.91 Å². The van der Waals surface area contributed by atoms with Crippen LogP contribution in [-0.2, 0) is 11.3 Å². The molecule has 2 aromatic carbocycles. The van der Waals surface area contributed by atoms with Gasteiger partial charge in [0.15, 0.2) is 0 Å². The molecule has 1 aliphatic rings. The second-order valence-corrected chi connectivity index (χ2v) is 7.00. The summed E-state index contributed by atoms with van der Waals surface area (Å²) in [5.41, 5.74) is 7.88. The molecule has 0 saturated heterocycles. The first-order valence-corrected chi connectivity index (χ1v) is 9.20. The van der Waals surface area contributed by atoms with Gasteiger partial charge in [0.1, 0.15) is 5.82 Å². The SMILES string of the molecule is Cl.NC1CCCC(C(=O)NCc2ccc(C(=O)Nc3ccc(F)cc3)cc2)C1. The Hall–Kier alpha value is -2.44. The van der Waals surface area contributed by atoms with Gasteiger partial charge in [0, 0.05) is 29.8 Å². The van der Waals surface area contributed by atoms with Crippen molar-refractivity contribution in [2.24, 2.45) is 11.7 Å². The highest BCUT2D eigenvalue weighted by atomic mass is 35.5. The van der Waals surface area contributed by atoms with E-state index in [1.165, 1.54) is 24.3 Å². The van der Waals surface area contributed by atoms with Crippen molar-refractivity contribution in [2.75, 3.05) is 5.32 Å². The molecule has 2 amide bonds. The van der Waals surface area contributed by atoms with Gasteiger partial charge in [-0.1, -0.05) is 18.6 Å². The van der Waals surface area contributed by atoms with Crippen LogP contribution in [0.3, 0.4) is 0 Å². The predicted octanol–water partition coefficient (Wildman–Crippen LogP) is 3.63. The zero-order valence-corrected chi connectivity index (χ0v) is 16.3. The number of hydrogen-bond donors (Lipinski definition) is 3. The Bertz CT molecular complexity index is 796. The largest absolute Gasteiger partial charge is 0.352 e. The van der Waals surface area contributed by atoms with Crippen LogP contribution in [-0.4, -0.2) is 17.9 Å². The lowest BCUT2D eigenvalue weighted by molar-refractivity contribution is -0.126. The first kappa shape index (κ1) is 21.9. The molecule has 0 bridgehead atoms. The molecule has 28 heavy (non-hydrogen) atoms. The summed E-state index contributed by atoms with van der Waals surface area (Å²) in [5, 5.41) is 5.67. The van der Waals surface area contributed by atoms with Crippen molar-refractivity contribution < 1.29 is 14.0 Å². The minimum absolute atomic E-state index is 0. The average molecular weight is 406 g/mol. The van der Waals surface area contributed by atoms with E-state index < -0.39 is 0 Å². The summed E-state index contributed by atoms with van der Waals surface area (Å²) >= 11 is 0. The van der Waals surface area contributed by atoms with Crippen molar-refractivity contribution >= 4 is 29.9 Å². The Morgan fingerprint density at radius 3 is 2.36 bits per heavy atom. The number of benzene rings is 2. The molecule has 2 unspecified atom stereocenters. The van der Waals surface area contributed by atoms with Gasteiger partial charge < -0.3 is 16.4 Å². The van der Waals surface area contributed by atoms with Crippen molar-refractivity contribution in [1.29, 1.82) is 0 Å². The zero-order chi connectivity index (χ0) is 19.2. The van der Waals surface area contributed by atoms with E-state index in [-0.39, 0.29) is 42.0 Å². The standard InChI is InChI=1S/C21H24FN3O2.ClH/c22-17-8-10-19(11-9-17)25-21(27)15-6-4-14(5-7-15)13-24-20(26)16-2-1-3-18(23)12-16;/h4-11,16,18H,1-3,12-13,23H2,(H,24,26)(H,25,27);1H. The van der Waals surface area contributed by atoms with E-state index in [0.717, 1.165) is 31.2 Å². The fraction of sp³-hybridized carbons (Fsp3) is 0.333. The van der Waals surface area contributed by atoms with Gasteiger partial charge in [-0.3, -0.25) is 9.59 Å². The molecule has 150 valence electrons. The molecule has 7 heteroatoms. The summed E-state index contributed by atoms with van der Waals surface area (Å²) in [5.74, 6) is -0.583. The van der Waals surface area contributed by atoms with E-state index in [9.17, 15) is 14.0 Å². The molecule has 0 heterocycles. The van der Waals surface area contributed by atoms with Crippen LogP contribution in [0.25, 0.3) is 0 Å². The van der Waals surface area contributed by atoms with Crippen molar-refractivity contribution in [3.8, 4) is 0 Å². The number of carbonyl (C=O) groups excluding carboxylic acids is 2. The quantitative estimate of drug-likeness (QED) is 0.710. The number of carbonyl (C=O) groups is 2. The lowest BCUT2D eigenvalue weighted by atomic mass is 9.85. The second-order valence-electron chi connectivity index (χ2n) is 7.00. The Balaban J connectivity index is 0.00000280. The van der Waals surface area contributed by atoms with E-state index in [1.54, 1.807) is 12.1 Å². The van der Waals surface area contributed by atoms with Crippen LogP contribution < -0.4 is 16.4 Å². The molecular formula is C21H25ClFN3O2. The number of nitrogens with two attached hydrogens (primary N) is 1. The number of halogens is 2. The van der Waals surface area contributed by atoms with Crippen molar-refractivity contribution in [2.45, 2.75) is 38.3 Å². The maximum absolute atomic E-state index is 12.9. The highest BCUT2D eigenvalue weighted by Crippen LogP contribution is 2.23. The van der Waals surface area contributed by atoms with Crippen LogP contribution in [0.4, 0.5) is 10.1 Å². The number of amides is 2. The van der Waals surface area contributed by atoms with E-state index in [2.05, 4.69) is 10.6 Å². The topological polar surface area (TPSA) is 84.2 Å². The number of rotatable bonds is 5. The Kier molecular flexibility index (Phi) is 7.96. The maximum Gasteiger partial charge on any atom is 0.255 e. The van der Waals surface area contributed by atoms with E-state index in [0.29, 0.717) is 17.8 Å². The molecule has 3 rings (SSSR count). The molecule has 5 nitrogen and oxygen atoms in total. The van der Waals surface area contributed by atoms with Gasteiger partial charge >= 0.3 is 0 Å². The first-order chi connectivity index (χ1) is 13.0. The minimum Gasteiger partial charge on any atom is -0.352 e. The van der Waals surface area contributed by atoms with Gasteiger partial charge in [0.25, 0.3) is 5.91 Å². The fourth-order valence-electron chi connectivity index (χ4n) is 3.31. The minimum atomic E-state index is -0.352. The summed E-state index contributed by atoms with van der Waals surface area (Å²) in [7, 11) is 0. The molecule has 1 fully saturated rings. The molecule has 0 spiro atoms. The van der Waals surface area contributed by atoms with Crippen LogP contribution in [0.15, 0.2) is 48.5 Å². The first-order valence-electron chi connectivity index (χ1n) is 9.20. The van der Waals surface area contributed by atoms with E-state index >= 15 is 0 Å². The highest BCUT2D eigenvalue weighted by Gasteiger charge is 2.24. The molecule has 1 aliphatic carbocycles. The Morgan fingerprint density at radius 1 is 1.04 bits per heavy atom. The number of nitrogens with one attached hydrogen (secondary N) is 2. The molecule has 0 aliphatic heterocycles.